The van der Waals surface area contributed by atoms with Crippen molar-refractivity contribution in [3.8, 4) is 0 Å². The zero-order valence-electron chi connectivity index (χ0n) is 17.7. The second-order valence-corrected chi connectivity index (χ2v) is 8.33. The van der Waals surface area contributed by atoms with Crippen LogP contribution >= 0.6 is 0 Å². The van der Waals surface area contributed by atoms with Crippen LogP contribution in [-0.4, -0.2) is 168 Å². The number of hydrogen-bond donors (Lipinski definition) is 11. The fourth-order valence-corrected chi connectivity index (χ4v) is 4.06. The highest BCUT2D eigenvalue weighted by Gasteiger charge is 2.53. The minimum absolute atomic E-state index is 0.741. The molecule has 3 heterocycles. The predicted octanol–water partition coefficient (Wildman–Crippen LogP) is -7.57. The van der Waals surface area contributed by atoms with E-state index >= 15 is 0 Å². The van der Waals surface area contributed by atoms with Crippen LogP contribution in [0.15, 0.2) is 0 Å². The summed E-state index contributed by atoms with van der Waals surface area (Å²) in [6.45, 7) is -2.32. The molecule has 3 rings (SSSR count). The van der Waals surface area contributed by atoms with Crippen molar-refractivity contribution in [1.29, 1.82) is 0 Å². The molecule has 6 unspecified atom stereocenters. The first-order chi connectivity index (χ1) is 16.0. The van der Waals surface area contributed by atoms with E-state index in [4.69, 9.17) is 23.7 Å². The summed E-state index contributed by atoms with van der Waals surface area (Å²) in [4.78, 5) is 0. The standard InChI is InChI=1S/C18H32O16/c19-1-4-7(22)8(23)12(27)17(31-4)34-15-6(3-21)32-18(13(28)10(15)25)33-14-5(2-20)30-16(29)11(26)9(14)24/h4-29H,1-3H2/t4?,5?,6?,7-,8-,9-,10+,11?,12?,13?,14-,15+,16-,17-,18+/m1/s1. The molecule has 16 heteroatoms. The number of ether oxygens (including phenoxy) is 5. The molecule has 3 aliphatic rings. The molecule has 0 aliphatic carbocycles. The average Bonchev–Trinajstić information content (AvgIpc) is 2.83. The lowest BCUT2D eigenvalue weighted by Gasteiger charge is -2.47. The van der Waals surface area contributed by atoms with Gasteiger partial charge >= 0.3 is 0 Å². The number of rotatable bonds is 7. The number of hydrogen-bond acceptors (Lipinski definition) is 16. The molecule has 0 spiro atoms. The maximum absolute atomic E-state index is 10.6. The van der Waals surface area contributed by atoms with Crippen molar-refractivity contribution in [2.75, 3.05) is 19.8 Å². The molecular formula is C18H32O16. The third-order valence-electron chi connectivity index (χ3n) is 6.09. The SMILES string of the molecule is OCC1O[C@H](O[C@H]2C(CO)O[C@@H](O[C@@H]3C(CO)O[C@@H](O)C(O)[C@H]3O)C(O)[C@@H]2O)C(O)[C@H](O)[C@@H]1O. The van der Waals surface area contributed by atoms with Gasteiger partial charge in [0.05, 0.1) is 19.8 Å². The normalized spacial score (nSPS) is 52.5. The van der Waals surface area contributed by atoms with Gasteiger partial charge in [0.15, 0.2) is 18.9 Å². The first-order valence-electron chi connectivity index (χ1n) is 10.6. The summed E-state index contributed by atoms with van der Waals surface area (Å²) < 4.78 is 26.4. The lowest BCUT2D eigenvalue weighted by Crippen LogP contribution is -2.66. The quantitative estimate of drug-likeness (QED) is 0.154. The summed E-state index contributed by atoms with van der Waals surface area (Å²) in [6, 6.07) is 0. The smallest absolute Gasteiger partial charge is 0.187 e. The zero-order chi connectivity index (χ0) is 25.3. The molecule has 0 aromatic rings. The van der Waals surface area contributed by atoms with Gasteiger partial charge in [0.1, 0.15) is 73.2 Å². The molecule has 3 aliphatic heterocycles. The Hall–Kier alpha value is -0.640. The van der Waals surface area contributed by atoms with E-state index in [0.29, 0.717) is 0 Å². The minimum Gasteiger partial charge on any atom is -0.394 e. The predicted molar refractivity (Wildman–Crippen MR) is 101 cm³/mol. The van der Waals surface area contributed by atoms with Crippen LogP contribution in [-0.2, 0) is 23.7 Å². The van der Waals surface area contributed by atoms with Crippen molar-refractivity contribution in [1.82, 2.24) is 0 Å². The van der Waals surface area contributed by atoms with Crippen molar-refractivity contribution in [2.45, 2.75) is 92.1 Å². The van der Waals surface area contributed by atoms with Crippen LogP contribution in [0.3, 0.4) is 0 Å². The van der Waals surface area contributed by atoms with E-state index in [0.717, 1.165) is 0 Å². The minimum atomic E-state index is -1.91. The molecule has 200 valence electrons. The van der Waals surface area contributed by atoms with Crippen LogP contribution in [0.25, 0.3) is 0 Å². The van der Waals surface area contributed by atoms with Crippen molar-refractivity contribution >= 4 is 0 Å². The lowest BCUT2D eigenvalue weighted by atomic mass is 9.96. The molecule has 0 amide bonds. The Bertz CT molecular complexity index is 635. The van der Waals surface area contributed by atoms with E-state index < -0.39 is 112 Å². The molecule has 0 bridgehead atoms. The Balaban J connectivity index is 1.72. The van der Waals surface area contributed by atoms with Gasteiger partial charge in [-0.2, -0.15) is 0 Å². The zero-order valence-corrected chi connectivity index (χ0v) is 17.7. The van der Waals surface area contributed by atoms with Crippen LogP contribution in [0.1, 0.15) is 0 Å². The maximum atomic E-state index is 10.6. The van der Waals surface area contributed by atoms with Crippen LogP contribution in [0.4, 0.5) is 0 Å². The van der Waals surface area contributed by atoms with Gasteiger partial charge in [-0.15, -0.1) is 0 Å². The molecule has 16 nitrogen and oxygen atoms in total. The monoisotopic (exact) mass is 504 g/mol. The second-order valence-electron chi connectivity index (χ2n) is 8.33. The summed E-state index contributed by atoms with van der Waals surface area (Å²) in [5.41, 5.74) is 0. The molecule has 0 saturated carbocycles. The van der Waals surface area contributed by atoms with Gasteiger partial charge in [-0.25, -0.2) is 0 Å². The lowest BCUT2D eigenvalue weighted by molar-refractivity contribution is -0.377. The van der Waals surface area contributed by atoms with E-state index in [-0.39, 0.29) is 0 Å². The Morgan fingerprint density at radius 2 is 0.853 bits per heavy atom. The topological polar surface area (TPSA) is 269 Å². The Labute approximate surface area is 192 Å². The van der Waals surface area contributed by atoms with Gasteiger partial charge in [-0.1, -0.05) is 0 Å². The highest BCUT2D eigenvalue weighted by molar-refractivity contribution is 4.96. The summed E-state index contributed by atoms with van der Waals surface area (Å²) >= 11 is 0. The molecule has 3 saturated heterocycles. The number of aliphatic hydroxyl groups is 11. The van der Waals surface area contributed by atoms with Crippen molar-refractivity contribution in [3.63, 3.8) is 0 Å². The van der Waals surface area contributed by atoms with Crippen molar-refractivity contribution < 1.29 is 79.9 Å². The van der Waals surface area contributed by atoms with Crippen LogP contribution < -0.4 is 0 Å². The summed E-state index contributed by atoms with van der Waals surface area (Å²) in [7, 11) is 0. The van der Waals surface area contributed by atoms with Gasteiger partial charge < -0.3 is 79.9 Å². The van der Waals surface area contributed by atoms with E-state index in [9.17, 15) is 56.2 Å². The van der Waals surface area contributed by atoms with Gasteiger partial charge in [0, 0.05) is 0 Å². The van der Waals surface area contributed by atoms with Crippen LogP contribution in [0, 0.1) is 0 Å². The molecule has 34 heavy (non-hydrogen) atoms. The van der Waals surface area contributed by atoms with Gasteiger partial charge in [-0.05, 0) is 0 Å². The third kappa shape index (κ3) is 5.37. The first-order valence-corrected chi connectivity index (χ1v) is 10.6. The third-order valence-corrected chi connectivity index (χ3v) is 6.09. The number of aliphatic hydroxyl groups excluding tert-OH is 11. The Morgan fingerprint density at radius 3 is 1.35 bits per heavy atom. The van der Waals surface area contributed by atoms with Crippen molar-refractivity contribution in [2.24, 2.45) is 0 Å². The molecular weight excluding hydrogens is 472 g/mol. The highest BCUT2D eigenvalue weighted by atomic mass is 16.8. The molecule has 0 radical (unpaired) electrons. The Kier molecular flexibility index (Phi) is 9.54. The molecule has 15 atom stereocenters. The first kappa shape index (κ1) is 27.9. The van der Waals surface area contributed by atoms with Gasteiger partial charge in [0.2, 0.25) is 0 Å². The van der Waals surface area contributed by atoms with E-state index in [1.807, 2.05) is 0 Å². The maximum Gasteiger partial charge on any atom is 0.187 e. The van der Waals surface area contributed by atoms with Crippen LogP contribution in [0.5, 0.6) is 0 Å². The summed E-state index contributed by atoms with van der Waals surface area (Å²) in [5.74, 6) is 0. The molecule has 11 N–H and O–H groups in total. The van der Waals surface area contributed by atoms with E-state index in [1.165, 1.54) is 0 Å². The summed E-state index contributed by atoms with van der Waals surface area (Å²) in [6.07, 6.45) is -25.1. The molecule has 0 aromatic carbocycles. The second kappa shape index (κ2) is 11.6. The Morgan fingerprint density at radius 1 is 0.441 bits per heavy atom. The average molecular weight is 504 g/mol. The molecule has 0 aromatic heterocycles. The summed E-state index contributed by atoms with van der Waals surface area (Å²) in [5, 5.41) is 109. The van der Waals surface area contributed by atoms with Crippen molar-refractivity contribution in [3.05, 3.63) is 0 Å². The highest BCUT2D eigenvalue weighted by Crippen LogP contribution is 2.32. The fraction of sp³-hybridized carbons (Fsp3) is 1.00. The van der Waals surface area contributed by atoms with Gasteiger partial charge in [-0.3, -0.25) is 0 Å². The van der Waals surface area contributed by atoms with E-state index in [1.54, 1.807) is 0 Å². The van der Waals surface area contributed by atoms with Gasteiger partial charge in [0.25, 0.3) is 0 Å². The van der Waals surface area contributed by atoms with E-state index in [2.05, 4.69) is 0 Å². The molecule has 3 fully saturated rings. The fourth-order valence-electron chi connectivity index (χ4n) is 4.06. The van der Waals surface area contributed by atoms with Crippen LogP contribution in [0.2, 0.25) is 0 Å². The largest absolute Gasteiger partial charge is 0.394 e.